The van der Waals surface area contributed by atoms with Crippen molar-refractivity contribution in [2.45, 2.75) is 45.4 Å². The fourth-order valence-corrected chi connectivity index (χ4v) is 2.15. The molecule has 0 unspecified atom stereocenters. The molecule has 8 nitrogen and oxygen atoms in total. The maximum Gasteiger partial charge on any atom is 0.408 e. The summed E-state index contributed by atoms with van der Waals surface area (Å²) in [7, 11) is 0. The molecule has 26 heavy (non-hydrogen) atoms. The number of alkyl carbamates (subject to hydrolysis) is 1. The first-order chi connectivity index (χ1) is 12.3. The van der Waals surface area contributed by atoms with E-state index in [4.69, 9.17) is 15.1 Å². The van der Waals surface area contributed by atoms with Gasteiger partial charge in [0.25, 0.3) is 0 Å². The van der Waals surface area contributed by atoms with E-state index in [1.807, 2.05) is 24.3 Å². The van der Waals surface area contributed by atoms with E-state index in [1.54, 1.807) is 26.0 Å². The van der Waals surface area contributed by atoms with E-state index in [0.717, 1.165) is 5.56 Å². The van der Waals surface area contributed by atoms with Crippen LogP contribution >= 0.6 is 0 Å². The number of amides is 2. The Balaban J connectivity index is 2.63. The van der Waals surface area contributed by atoms with Crippen molar-refractivity contribution >= 4 is 18.0 Å². The molecule has 0 radical (unpaired) electrons. The highest BCUT2D eigenvalue weighted by atomic mass is 16.5. The summed E-state index contributed by atoms with van der Waals surface area (Å²) in [4.78, 5) is 35.5. The Bertz CT molecular complexity index is 655. The Morgan fingerprint density at radius 3 is 2.38 bits per heavy atom. The van der Waals surface area contributed by atoms with Crippen molar-refractivity contribution in [3.8, 4) is 6.07 Å². The quantitative estimate of drug-likeness (QED) is 0.615. The molecule has 2 atom stereocenters. The van der Waals surface area contributed by atoms with Crippen molar-refractivity contribution in [1.29, 1.82) is 5.26 Å². The van der Waals surface area contributed by atoms with Gasteiger partial charge >= 0.3 is 12.1 Å². The number of benzene rings is 1. The van der Waals surface area contributed by atoms with Crippen molar-refractivity contribution in [1.82, 2.24) is 10.6 Å². The van der Waals surface area contributed by atoms with Crippen LogP contribution < -0.4 is 10.6 Å². The van der Waals surface area contributed by atoms with Crippen LogP contribution in [0.5, 0.6) is 0 Å². The average Bonchev–Trinajstić information content (AvgIpc) is 2.61. The minimum atomic E-state index is -1.23. The largest absolute Gasteiger partial charge is 0.480 e. The lowest BCUT2D eigenvalue weighted by Crippen LogP contribution is -2.53. The molecule has 8 heteroatoms. The van der Waals surface area contributed by atoms with Gasteiger partial charge in [0.2, 0.25) is 5.91 Å². The predicted molar refractivity (Wildman–Crippen MR) is 92.8 cm³/mol. The number of nitriles is 1. The van der Waals surface area contributed by atoms with Crippen LogP contribution in [0.1, 0.15) is 32.3 Å². The van der Waals surface area contributed by atoms with Crippen LogP contribution in [0.25, 0.3) is 0 Å². The van der Waals surface area contributed by atoms with Gasteiger partial charge in [0.05, 0.1) is 6.07 Å². The summed E-state index contributed by atoms with van der Waals surface area (Å²) in [5, 5.41) is 22.5. The predicted octanol–water partition coefficient (Wildman–Crippen LogP) is 1.81. The highest BCUT2D eigenvalue weighted by Crippen LogP contribution is 2.06. The molecular formula is C18H23N3O5. The highest BCUT2D eigenvalue weighted by molar-refractivity contribution is 5.89. The van der Waals surface area contributed by atoms with E-state index in [2.05, 4.69) is 10.6 Å². The lowest BCUT2D eigenvalue weighted by molar-refractivity contribution is -0.142. The second-order valence-corrected chi connectivity index (χ2v) is 6.02. The molecule has 2 amide bonds. The normalized spacial score (nSPS) is 12.5. The van der Waals surface area contributed by atoms with Crippen LogP contribution in [0.4, 0.5) is 4.79 Å². The zero-order valence-corrected chi connectivity index (χ0v) is 14.8. The maximum absolute atomic E-state index is 12.3. The molecule has 0 heterocycles. The third-order valence-corrected chi connectivity index (χ3v) is 3.59. The summed E-state index contributed by atoms with van der Waals surface area (Å²) in [6, 6.07) is 8.76. The van der Waals surface area contributed by atoms with Gasteiger partial charge in [-0.25, -0.2) is 9.59 Å². The Labute approximate surface area is 152 Å². The number of hydrogen-bond acceptors (Lipinski definition) is 5. The molecule has 0 spiro atoms. The van der Waals surface area contributed by atoms with Crippen molar-refractivity contribution in [3.63, 3.8) is 0 Å². The first kappa shape index (κ1) is 21.0. The number of carbonyl (C=O) groups is 3. The van der Waals surface area contributed by atoms with Crippen LogP contribution in [0.15, 0.2) is 30.3 Å². The molecule has 0 saturated carbocycles. The summed E-state index contributed by atoms with van der Waals surface area (Å²) < 4.78 is 5.09. The number of ether oxygens (including phenoxy) is 1. The number of carbonyl (C=O) groups excluding carboxylic acids is 2. The third kappa shape index (κ3) is 7.21. The van der Waals surface area contributed by atoms with Gasteiger partial charge in [0.1, 0.15) is 18.7 Å². The van der Waals surface area contributed by atoms with Crippen LogP contribution in [0.2, 0.25) is 0 Å². The zero-order valence-electron chi connectivity index (χ0n) is 14.8. The molecule has 1 rings (SSSR count). The SMILES string of the molecule is CC(C)[C@@H](NC(=O)OCc1ccccc1)C(=O)N[C@@H](CCC#N)C(=O)O. The lowest BCUT2D eigenvalue weighted by Gasteiger charge is -2.23. The van der Waals surface area contributed by atoms with Gasteiger partial charge in [0.15, 0.2) is 0 Å². The molecule has 140 valence electrons. The van der Waals surface area contributed by atoms with Crippen molar-refractivity contribution in [2.75, 3.05) is 0 Å². The summed E-state index contributed by atoms with van der Waals surface area (Å²) in [5.41, 5.74) is 0.802. The number of rotatable bonds is 9. The number of nitrogens with zero attached hydrogens (tertiary/aromatic N) is 1. The first-order valence-corrected chi connectivity index (χ1v) is 8.22. The van der Waals surface area contributed by atoms with Gasteiger partial charge in [-0.1, -0.05) is 44.2 Å². The number of hydrogen-bond donors (Lipinski definition) is 3. The fourth-order valence-electron chi connectivity index (χ4n) is 2.15. The number of nitrogens with one attached hydrogen (secondary N) is 2. The lowest BCUT2D eigenvalue weighted by atomic mass is 10.0. The summed E-state index contributed by atoms with van der Waals surface area (Å²) in [5.74, 6) is -2.16. The molecular weight excluding hydrogens is 338 g/mol. The molecule has 0 aliphatic heterocycles. The maximum atomic E-state index is 12.3. The molecule has 1 aromatic carbocycles. The molecule has 0 aromatic heterocycles. The van der Waals surface area contributed by atoms with E-state index < -0.39 is 30.1 Å². The van der Waals surface area contributed by atoms with Crippen molar-refractivity contribution in [3.05, 3.63) is 35.9 Å². The standard InChI is InChI=1S/C18H23N3O5/c1-12(2)15(16(22)20-14(17(23)24)9-6-10-19)21-18(25)26-11-13-7-4-3-5-8-13/h3-5,7-8,12,14-15H,6,9,11H2,1-2H3,(H,20,22)(H,21,25)(H,23,24)/t14-,15+/m0/s1. The Kier molecular flexibility index (Phi) is 8.64. The average molecular weight is 361 g/mol. The molecule has 1 aromatic rings. The van der Waals surface area contributed by atoms with Crippen LogP contribution in [0.3, 0.4) is 0 Å². The molecule has 0 aliphatic rings. The third-order valence-electron chi connectivity index (χ3n) is 3.59. The van der Waals surface area contributed by atoms with Crippen LogP contribution in [0, 0.1) is 17.2 Å². The van der Waals surface area contributed by atoms with Gasteiger partial charge in [0, 0.05) is 6.42 Å². The topological polar surface area (TPSA) is 129 Å². The summed E-state index contributed by atoms with van der Waals surface area (Å²) >= 11 is 0. The number of carboxylic acid groups (broad SMARTS) is 1. The van der Waals surface area contributed by atoms with Gasteiger partial charge in [-0.2, -0.15) is 5.26 Å². The Morgan fingerprint density at radius 1 is 1.19 bits per heavy atom. The molecule has 3 N–H and O–H groups in total. The number of aliphatic carboxylic acids is 1. The van der Waals surface area contributed by atoms with Gasteiger partial charge in [-0.05, 0) is 17.9 Å². The van der Waals surface area contributed by atoms with Crippen LogP contribution in [-0.2, 0) is 20.9 Å². The van der Waals surface area contributed by atoms with E-state index in [0.29, 0.717) is 0 Å². The highest BCUT2D eigenvalue weighted by Gasteiger charge is 2.28. The molecule has 0 saturated heterocycles. The van der Waals surface area contributed by atoms with Gasteiger partial charge in [-0.15, -0.1) is 0 Å². The van der Waals surface area contributed by atoms with Crippen molar-refractivity contribution < 1.29 is 24.2 Å². The number of carboxylic acids is 1. The molecule has 0 fully saturated rings. The summed E-state index contributed by atoms with van der Waals surface area (Å²) in [6.45, 7) is 3.48. The summed E-state index contributed by atoms with van der Waals surface area (Å²) in [6.07, 6.45) is -0.789. The fraction of sp³-hybridized carbons (Fsp3) is 0.444. The minimum absolute atomic E-state index is 0.00383. The Hall–Kier alpha value is -3.08. The molecule has 0 aliphatic carbocycles. The smallest absolute Gasteiger partial charge is 0.408 e. The second kappa shape index (κ2) is 10.7. The first-order valence-electron chi connectivity index (χ1n) is 8.22. The zero-order chi connectivity index (χ0) is 19.5. The van der Waals surface area contributed by atoms with E-state index in [1.165, 1.54) is 0 Å². The second-order valence-electron chi connectivity index (χ2n) is 6.02. The monoisotopic (exact) mass is 361 g/mol. The minimum Gasteiger partial charge on any atom is -0.480 e. The van der Waals surface area contributed by atoms with Crippen molar-refractivity contribution in [2.24, 2.45) is 5.92 Å². The van der Waals surface area contributed by atoms with E-state index >= 15 is 0 Å². The van der Waals surface area contributed by atoms with E-state index in [9.17, 15) is 14.4 Å². The molecule has 0 bridgehead atoms. The van der Waals surface area contributed by atoms with Gasteiger partial charge < -0.3 is 20.5 Å². The van der Waals surface area contributed by atoms with Crippen LogP contribution in [-0.4, -0.2) is 35.2 Å². The Morgan fingerprint density at radius 2 is 1.85 bits per heavy atom. The van der Waals surface area contributed by atoms with E-state index in [-0.39, 0.29) is 25.4 Å². The van der Waals surface area contributed by atoms with Gasteiger partial charge in [-0.3, -0.25) is 4.79 Å².